The molecule has 1 aliphatic heterocycles. The third-order valence-corrected chi connectivity index (χ3v) is 6.40. The van der Waals surface area contributed by atoms with E-state index in [0.29, 0.717) is 17.9 Å². The van der Waals surface area contributed by atoms with Crippen LogP contribution < -0.4 is 9.64 Å². The third kappa shape index (κ3) is 3.94. The molecule has 1 unspecified atom stereocenters. The van der Waals surface area contributed by atoms with Crippen molar-refractivity contribution >= 4 is 34.5 Å². The molecule has 32 heavy (non-hydrogen) atoms. The molecule has 2 heterocycles. The summed E-state index contributed by atoms with van der Waals surface area (Å²) < 4.78 is 5.72. The number of amides is 1. The van der Waals surface area contributed by atoms with Crippen molar-refractivity contribution in [2.75, 3.05) is 11.5 Å². The smallest absolute Gasteiger partial charge is 0.300 e. The maximum absolute atomic E-state index is 13.1. The minimum atomic E-state index is -0.689. The van der Waals surface area contributed by atoms with Gasteiger partial charge in [0.05, 0.1) is 12.2 Å². The molecule has 0 radical (unpaired) electrons. The number of Topliss-reactive ketones (excluding diaryl/α,β-unsaturated/α-hetero) is 1. The molecule has 5 nitrogen and oxygen atoms in total. The standard InChI is InChI=1S/C26H25NO4S/c1-4-13-31-20-12-9-18(15-17(20)3)24(28)22-23(21-6-5-14-32-21)27(26(30)25(22)29)19-10-7-16(2)8-11-19/h5-12,14-15,23,28H,4,13H2,1-3H3/b24-22-. The summed E-state index contributed by atoms with van der Waals surface area (Å²) in [7, 11) is 0. The van der Waals surface area contributed by atoms with Gasteiger partial charge in [0.25, 0.3) is 11.7 Å². The first-order valence-electron chi connectivity index (χ1n) is 10.6. The normalized spacial score (nSPS) is 17.7. The van der Waals surface area contributed by atoms with Crippen LogP contribution in [0.3, 0.4) is 0 Å². The first kappa shape index (κ1) is 21.8. The van der Waals surface area contributed by atoms with Gasteiger partial charge in [-0.15, -0.1) is 11.3 Å². The van der Waals surface area contributed by atoms with Crippen LogP contribution in [-0.2, 0) is 9.59 Å². The first-order chi connectivity index (χ1) is 15.4. The van der Waals surface area contributed by atoms with Gasteiger partial charge in [0.1, 0.15) is 17.6 Å². The van der Waals surface area contributed by atoms with Gasteiger partial charge in [0, 0.05) is 16.1 Å². The maximum Gasteiger partial charge on any atom is 0.300 e. The van der Waals surface area contributed by atoms with E-state index in [9.17, 15) is 14.7 Å². The minimum absolute atomic E-state index is 0.0969. The summed E-state index contributed by atoms with van der Waals surface area (Å²) in [4.78, 5) is 28.5. The van der Waals surface area contributed by atoms with E-state index in [1.807, 2.05) is 62.5 Å². The molecule has 1 saturated heterocycles. The average Bonchev–Trinajstić information content (AvgIpc) is 3.40. The summed E-state index contributed by atoms with van der Waals surface area (Å²) in [5.41, 5.74) is 3.10. The number of rotatable bonds is 6. The molecule has 4 rings (SSSR count). The molecule has 1 aromatic heterocycles. The van der Waals surface area contributed by atoms with Crippen molar-refractivity contribution in [2.24, 2.45) is 0 Å². The molecule has 1 fully saturated rings. The number of carbonyl (C=O) groups is 2. The monoisotopic (exact) mass is 447 g/mol. The lowest BCUT2D eigenvalue weighted by molar-refractivity contribution is -0.132. The Morgan fingerprint density at radius 3 is 2.47 bits per heavy atom. The molecule has 6 heteroatoms. The lowest BCUT2D eigenvalue weighted by atomic mass is 9.98. The van der Waals surface area contributed by atoms with E-state index in [2.05, 4.69) is 0 Å². The number of anilines is 1. The molecule has 1 atom stereocenters. The van der Waals surface area contributed by atoms with Crippen LogP contribution in [0.5, 0.6) is 5.75 Å². The predicted octanol–water partition coefficient (Wildman–Crippen LogP) is 5.78. The highest BCUT2D eigenvalue weighted by Crippen LogP contribution is 2.43. The van der Waals surface area contributed by atoms with Crippen LogP contribution in [0.4, 0.5) is 5.69 Å². The van der Waals surface area contributed by atoms with Gasteiger partial charge in [-0.25, -0.2) is 0 Å². The van der Waals surface area contributed by atoms with Gasteiger partial charge in [-0.2, -0.15) is 0 Å². The average molecular weight is 448 g/mol. The molecular weight excluding hydrogens is 422 g/mol. The highest BCUT2D eigenvalue weighted by Gasteiger charge is 2.47. The van der Waals surface area contributed by atoms with Crippen LogP contribution in [0.1, 0.15) is 41.0 Å². The zero-order valence-electron chi connectivity index (χ0n) is 18.3. The van der Waals surface area contributed by atoms with Crippen LogP contribution in [0.25, 0.3) is 5.76 Å². The second kappa shape index (κ2) is 9.01. The van der Waals surface area contributed by atoms with Crippen molar-refractivity contribution in [1.29, 1.82) is 0 Å². The molecule has 2 aromatic carbocycles. The molecule has 1 N–H and O–H groups in total. The van der Waals surface area contributed by atoms with Gasteiger partial charge in [0.15, 0.2) is 0 Å². The number of hydrogen-bond acceptors (Lipinski definition) is 5. The third-order valence-electron chi connectivity index (χ3n) is 5.48. The van der Waals surface area contributed by atoms with E-state index >= 15 is 0 Å². The molecule has 1 amide bonds. The fraction of sp³-hybridized carbons (Fsp3) is 0.231. The Labute approximate surface area is 191 Å². The molecule has 0 saturated carbocycles. The van der Waals surface area contributed by atoms with Crippen LogP contribution in [0, 0.1) is 13.8 Å². The summed E-state index contributed by atoms with van der Waals surface area (Å²) in [6.45, 7) is 6.49. The molecule has 3 aromatic rings. The number of aryl methyl sites for hydroxylation is 2. The second-order valence-corrected chi connectivity index (χ2v) is 8.83. The molecule has 0 bridgehead atoms. The van der Waals surface area contributed by atoms with Gasteiger partial charge in [-0.05, 0) is 67.6 Å². The Kier molecular flexibility index (Phi) is 6.15. The number of carbonyl (C=O) groups excluding carboxylic acids is 2. The zero-order chi connectivity index (χ0) is 22.8. The minimum Gasteiger partial charge on any atom is -0.507 e. The van der Waals surface area contributed by atoms with Crippen LogP contribution in [0.2, 0.25) is 0 Å². The number of aliphatic hydroxyl groups excluding tert-OH is 1. The van der Waals surface area contributed by atoms with E-state index in [4.69, 9.17) is 4.74 Å². The molecule has 0 aliphatic carbocycles. The van der Waals surface area contributed by atoms with E-state index < -0.39 is 17.7 Å². The SMILES string of the molecule is CCCOc1ccc(/C(O)=C2/C(=O)C(=O)N(c3ccc(C)cc3)C2c2cccs2)cc1C. The number of aliphatic hydroxyl groups is 1. The van der Waals surface area contributed by atoms with Gasteiger partial charge < -0.3 is 9.84 Å². The Bertz CT molecular complexity index is 1180. The highest BCUT2D eigenvalue weighted by molar-refractivity contribution is 7.10. The van der Waals surface area contributed by atoms with E-state index in [1.165, 1.54) is 16.2 Å². The van der Waals surface area contributed by atoms with Crippen molar-refractivity contribution in [3.8, 4) is 5.75 Å². The largest absolute Gasteiger partial charge is 0.507 e. The van der Waals surface area contributed by atoms with Crippen molar-refractivity contribution in [1.82, 2.24) is 0 Å². The second-order valence-electron chi connectivity index (χ2n) is 7.85. The Hall–Kier alpha value is -3.38. The lowest BCUT2D eigenvalue weighted by Crippen LogP contribution is -2.29. The summed E-state index contributed by atoms with van der Waals surface area (Å²) in [6, 6.07) is 15.8. The molecular formula is C26H25NO4S. The van der Waals surface area contributed by atoms with Crippen molar-refractivity contribution in [3.63, 3.8) is 0 Å². The quantitative estimate of drug-likeness (QED) is 0.295. The van der Waals surface area contributed by atoms with Crippen molar-refractivity contribution < 1.29 is 19.4 Å². The van der Waals surface area contributed by atoms with Gasteiger partial charge >= 0.3 is 0 Å². The van der Waals surface area contributed by atoms with E-state index in [-0.39, 0.29) is 11.3 Å². The van der Waals surface area contributed by atoms with Crippen LogP contribution >= 0.6 is 11.3 Å². The number of hydrogen-bond donors (Lipinski definition) is 1. The fourth-order valence-electron chi connectivity index (χ4n) is 3.85. The van der Waals surface area contributed by atoms with Crippen LogP contribution in [-0.4, -0.2) is 23.4 Å². The van der Waals surface area contributed by atoms with Crippen molar-refractivity contribution in [3.05, 3.63) is 87.1 Å². The van der Waals surface area contributed by atoms with Gasteiger partial charge in [-0.3, -0.25) is 14.5 Å². The number of benzene rings is 2. The fourth-order valence-corrected chi connectivity index (χ4v) is 4.67. The maximum atomic E-state index is 13.1. The summed E-state index contributed by atoms with van der Waals surface area (Å²) in [5.74, 6) is -0.779. The predicted molar refractivity (Wildman–Crippen MR) is 127 cm³/mol. The zero-order valence-corrected chi connectivity index (χ0v) is 19.1. The lowest BCUT2D eigenvalue weighted by Gasteiger charge is -2.24. The Morgan fingerprint density at radius 2 is 1.84 bits per heavy atom. The van der Waals surface area contributed by atoms with E-state index in [1.54, 1.807) is 18.2 Å². The van der Waals surface area contributed by atoms with Crippen molar-refractivity contribution in [2.45, 2.75) is 33.2 Å². The highest BCUT2D eigenvalue weighted by atomic mass is 32.1. The molecule has 164 valence electrons. The number of thiophene rings is 1. The number of ketones is 1. The first-order valence-corrected chi connectivity index (χ1v) is 11.4. The Morgan fingerprint density at radius 1 is 1.09 bits per heavy atom. The summed E-state index contributed by atoms with van der Waals surface area (Å²) in [5, 5.41) is 13.1. The summed E-state index contributed by atoms with van der Waals surface area (Å²) in [6.07, 6.45) is 0.893. The summed E-state index contributed by atoms with van der Waals surface area (Å²) >= 11 is 1.45. The molecule has 1 aliphatic rings. The van der Waals surface area contributed by atoms with Gasteiger partial charge in [-0.1, -0.05) is 30.7 Å². The van der Waals surface area contributed by atoms with Gasteiger partial charge in [0.2, 0.25) is 0 Å². The molecule has 0 spiro atoms. The van der Waals surface area contributed by atoms with E-state index in [0.717, 1.165) is 28.2 Å². The van der Waals surface area contributed by atoms with Crippen LogP contribution in [0.15, 0.2) is 65.6 Å². The Balaban J connectivity index is 1.83. The topological polar surface area (TPSA) is 66.8 Å². The number of nitrogens with zero attached hydrogens (tertiary/aromatic N) is 1. The number of ether oxygens (including phenoxy) is 1.